The van der Waals surface area contributed by atoms with Gasteiger partial charge in [-0.1, -0.05) is 19.3 Å². The van der Waals surface area contributed by atoms with Crippen molar-refractivity contribution >= 4 is 11.6 Å². The molecule has 0 amide bonds. The Morgan fingerprint density at radius 1 is 1.11 bits per heavy atom. The second kappa shape index (κ2) is 7.16. The molecular formula is C13H23N5. The van der Waals surface area contributed by atoms with Crippen LogP contribution in [0.2, 0.25) is 0 Å². The number of hydrogen-bond acceptors (Lipinski definition) is 5. The average Bonchev–Trinajstić information content (AvgIpc) is 2.41. The van der Waals surface area contributed by atoms with Crippen molar-refractivity contribution in [2.24, 2.45) is 0 Å². The van der Waals surface area contributed by atoms with Crippen LogP contribution in [0, 0.1) is 0 Å². The minimum Gasteiger partial charge on any atom is -0.369 e. The zero-order valence-corrected chi connectivity index (χ0v) is 11.1. The van der Waals surface area contributed by atoms with E-state index >= 15 is 0 Å². The van der Waals surface area contributed by atoms with Crippen molar-refractivity contribution in [2.45, 2.75) is 38.1 Å². The van der Waals surface area contributed by atoms with Gasteiger partial charge in [0.05, 0.1) is 0 Å². The van der Waals surface area contributed by atoms with Crippen molar-refractivity contribution in [3.05, 3.63) is 12.4 Å². The molecule has 0 aliphatic heterocycles. The number of rotatable bonds is 6. The minimum atomic E-state index is 0.582. The molecule has 5 nitrogen and oxygen atoms in total. The number of anilines is 2. The van der Waals surface area contributed by atoms with Crippen molar-refractivity contribution in [1.29, 1.82) is 0 Å². The summed E-state index contributed by atoms with van der Waals surface area (Å²) in [6.07, 6.45) is 8.16. The quantitative estimate of drug-likeness (QED) is 0.672. The highest BCUT2D eigenvalue weighted by Gasteiger charge is 2.13. The van der Waals surface area contributed by atoms with Gasteiger partial charge in [0, 0.05) is 25.2 Å². The van der Waals surface area contributed by atoms with Crippen LogP contribution < -0.4 is 16.0 Å². The van der Waals surface area contributed by atoms with E-state index in [4.69, 9.17) is 0 Å². The van der Waals surface area contributed by atoms with Gasteiger partial charge in [-0.15, -0.1) is 0 Å². The molecule has 0 atom stereocenters. The van der Waals surface area contributed by atoms with E-state index in [1.807, 2.05) is 13.1 Å². The van der Waals surface area contributed by atoms with Crippen LogP contribution in [-0.2, 0) is 0 Å². The Kier molecular flexibility index (Phi) is 5.20. The average molecular weight is 249 g/mol. The molecule has 0 spiro atoms. The van der Waals surface area contributed by atoms with Gasteiger partial charge in [-0.25, -0.2) is 9.97 Å². The second-order valence-corrected chi connectivity index (χ2v) is 4.80. The molecule has 5 heteroatoms. The molecule has 0 saturated heterocycles. The lowest BCUT2D eigenvalue weighted by Crippen LogP contribution is -2.23. The molecule has 1 aromatic rings. The molecule has 1 fully saturated rings. The highest BCUT2D eigenvalue weighted by Crippen LogP contribution is 2.21. The Labute approximate surface area is 109 Å². The Hall–Kier alpha value is -1.36. The van der Waals surface area contributed by atoms with E-state index in [0.29, 0.717) is 6.04 Å². The molecule has 18 heavy (non-hydrogen) atoms. The molecular weight excluding hydrogens is 226 g/mol. The van der Waals surface area contributed by atoms with Gasteiger partial charge in [0.25, 0.3) is 0 Å². The van der Waals surface area contributed by atoms with Gasteiger partial charge < -0.3 is 16.0 Å². The van der Waals surface area contributed by atoms with Crippen molar-refractivity contribution in [3.63, 3.8) is 0 Å². The summed E-state index contributed by atoms with van der Waals surface area (Å²) in [6.45, 7) is 1.80. The van der Waals surface area contributed by atoms with Crippen LogP contribution in [0.15, 0.2) is 12.4 Å². The molecule has 0 bridgehead atoms. The van der Waals surface area contributed by atoms with Crippen LogP contribution >= 0.6 is 0 Å². The highest BCUT2D eigenvalue weighted by molar-refractivity contribution is 5.46. The zero-order valence-electron chi connectivity index (χ0n) is 11.1. The predicted octanol–water partition coefficient (Wildman–Crippen LogP) is 1.85. The first-order valence-corrected chi connectivity index (χ1v) is 6.85. The van der Waals surface area contributed by atoms with E-state index in [0.717, 1.165) is 24.7 Å². The molecule has 100 valence electrons. The first-order valence-electron chi connectivity index (χ1n) is 6.85. The maximum atomic E-state index is 4.28. The monoisotopic (exact) mass is 249 g/mol. The van der Waals surface area contributed by atoms with Crippen LogP contribution in [0.25, 0.3) is 0 Å². The summed E-state index contributed by atoms with van der Waals surface area (Å²) in [5, 5.41) is 9.87. The number of hydrogen-bond donors (Lipinski definition) is 3. The summed E-state index contributed by atoms with van der Waals surface area (Å²) in [7, 11) is 1.94. The molecule has 1 saturated carbocycles. The van der Waals surface area contributed by atoms with Crippen molar-refractivity contribution in [1.82, 2.24) is 15.3 Å². The van der Waals surface area contributed by atoms with E-state index in [1.54, 1.807) is 6.33 Å². The molecule has 0 unspecified atom stereocenters. The summed E-state index contributed by atoms with van der Waals surface area (Å²) in [4.78, 5) is 8.50. The topological polar surface area (TPSA) is 61.9 Å². The van der Waals surface area contributed by atoms with Gasteiger partial charge in [-0.3, -0.25) is 0 Å². The molecule has 0 radical (unpaired) electrons. The second-order valence-electron chi connectivity index (χ2n) is 4.80. The maximum absolute atomic E-state index is 4.28. The summed E-state index contributed by atoms with van der Waals surface area (Å²) in [6, 6.07) is 2.57. The van der Waals surface area contributed by atoms with Gasteiger partial charge in [-0.05, 0) is 19.9 Å². The summed E-state index contributed by atoms with van der Waals surface area (Å²) in [5.74, 6) is 1.82. The van der Waals surface area contributed by atoms with Gasteiger partial charge in [0.2, 0.25) is 0 Å². The fourth-order valence-electron chi connectivity index (χ4n) is 2.30. The summed E-state index contributed by atoms with van der Waals surface area (Å²) >= 11 is 0. The lowest BCUT2D eigenvalue weighted by Gasteiger charge is -2.23. The minimum absolute atomic E-state index is 0.582. The molecule has 1 aliphatic carbocycles. The van der Waals surface area contributed by atoms with Gasteiger partial charge >= 0.3 is 0 Å². The highest BCUT2D eigenvalue weighted by atomic mass is 15.1. The summed E-state index contributed by atoms with van der Waals surface area (Å²) in [5.41, 5.74) is 0. The molecule has 1 heterocycles. The zero-order chi connectivity index (χ0) is 12.6. The fraction of sp³-hybridized carbons (Fsp3) is 0.692. The lowest BCUT2D eigenvalue weighted by atomic mass is 9.95. The van der Waals surface area contributed by atoms with E-state index in [2.05, 4.69) is 25.9 Å². The summed E-state index contributed by atoms with van der Waals surface area (Å²) < 4.78 is 0. The standard InChI is InChI=1S/C13H23N5/c1-14-7-8-15-12-9-13(17-10-16-12)18-11-5-3-2-4-6-11/h9-11,14H,2-8H2,1H3,(H2,15,16,17,18). The Bertz CT molecular complexity index is 349. The first-order chi connectivity index (χ1) is 8.88. The number of aromatic nitrogens is 2. The van der Waals surface area contributed by atoms with Crippen LogP contribution in [-0.4, -0.2) is 36.1 Å². The lowest BCUT2D eigenvalue weighted by molar-refractivity contribution is 0.462. The number of likely N-dealkylation sites (N-methyl/N-ethyl adjacent to an activating group) is 1. The molecule has 1 aliphatic rings. The maximum Gasteiger partial charge on any atom is 0.131 e. The Morgan fingerprint density at radius 3 is 2.67 bits per heavy atom. The van der Waals surface area contributed by atoms with E-state index in [9.17, 15) is 0 Å². The van der Waals surface area contributed by atoms with Gasteiger partial charge in [0.15, 0.2) is 0 Å². The van der Waals surface area contributed by atoms with Crippen LogP contribution in [0.1, 0.15) is 32.1 Å². The largest absolute Gasteiger partial charge is 0.369 e. The number of nitrogens with zero attached hydrogens (tertiary/aromatic N) is 2. The van der Waals surface area contributed by atoms with E-state index < -0.39 is 0 Å². The smallest absolute Gasteiger partial charge is 0.131 e. The third kappa shape index (κ3) is 4.14. The normalized spacial score (nSPS) is 16.5. The SMILES string of the molecule is CNCCNc1cc(NC2CCCCC2)ncn1. The van der Waals surface area contributed by atoms with Crippen LogP contribution in [0.4, 0.5) is 11.6 Å². The van der Waals surface area contributed by atoms with Crippen LogP contribution in [0.3, 0.4) is 0 Å². The van der Waals surface area contributed by atoms with Gasteiger partial charge in [0.1, 0.15) is 18.0 Å². The molecule has 3 N–H and O–H groups in total. The van der Waals surface area contributed by atoms with Crippen LogP contribution in [0.5, 0.6) is 0 Å². The third-order valence-electron chi connectivity index (χ3n) is 3.31. The van der Waals surface area contributed by atoms with Crippen molar-refractivity contribution in [2.75, 3.05) is 30.8 Å². The predicted molar refractivity (Wildman–Crippen MR) is 74.9 cm³/mol. The van der Waals surface area contributed by atoms with E-state index in [1.165, 1.54) is 32.1 Å². The Balaban J connectivity index is 1.85. The molecule has 2 rings (SSSR count). The van der Waals surface area contributed by atoms with Crippen molar-refractivity contribution < 1.29 is 0 Å². The first kappa shape index (κ1) is 13.1. The Morgan fingerprint density at radius 2 is 1.89 bits per heavy atom. The number of nitrogens with one attached hydrogen (secondary N) is 3. The molecule has 1 aromatic heterocycles. The third-order valence-corrected chi connectivity index (χ3v) is 3.31. The molecule has 0 aromatic carbocycles. The van der Waals surface area contributed by atoms with Gasteiger partial charge in [-0.2, -0.15) is 0 Å². The van der Waals surface area contributed by atoms with Crippen molar-refractivity contribution in [3.8, 4) is 0 Å². The van der Waals surface area contributed by atoms with E-state index in [-0.39, 0.29) is 0 Å². The fourth-order valence-corrected chi connectivity index (χ4v) is 2.30.